The summed E-state index contributed by atoms with van der Waals surface area (Å²) in [6.45, 7) is 0. The Morgan fingerprint density at radius 3 is 2.62 bits per heavy atom. The van der Waals surface area contributed by atoms with Crippen LogP contribution in [0.15, 0.2) is 65.4 Å². The maximum atomic E-state index is 12.0. The van der Waals surface area contributed by atoms with Gasteiger partial charge in [0.05, 0.1) is 12.0 Å². The molecular formula is C18H12ClN3O2. The van der Waals surface area contributed by atoms with E-state index in [1.807, 2.05) is 30.3 Å². The average molecular weight is 338 g/mol. The Bertz CT molecular complexity index is 886. The molecule has 1 N–H and O–H groups in total. The number of halogens is 1. The van der Waals surface area contributed by atoms with Crippen LogP contribution in [0, 0.1) is 11.3 Å². The van der Waals surface area contributed by atoms with Crippen molar-refractivity contribution in [2.24, 2.45) is 0 Å². The Hall–Kier alpha value is -3.10. The first-order valence-corrected chi connectivity index (χ1v) is 7.52. The summed E-state index contributed by atoms with van der Waals surface area (Å²) in [6.07, 6.45) is 1.32. The number of rotatable bonds is 4. The second kappa shape index (κ2) is 6.99. The SMILES string of the molecule is N#C[C@@H](c1ccccc1)c1ccc(NC(=O)c2ccon2)cc1Cl. The Balaban J connectivity index is 1.85. The highest BCUT2D eigenvalue weighted by Gasteiger charge is 2.17. The number of hydrogen-bond acceptors (Lipinski definition) is 4. The standard InChI is InChI=1S/C18H12ClN3O2/c19-16-10-13(21-18(23)17-8-9-24-22-17)6-7-14(16)15(11-20)12-4-2-1-3-5-12/h1-10,15H,(H,21,23)/t15-/m0/s1. The fourth-order valence-corrected chi connectivity index (χ4v) is 2.62. The molecular weight excluding hydrogens is 326 g/mol. The van der Waals surface area contributed by atoms with Gasteiger partial charge >= 0.3 is 0 Å². The lowest BCUT2D eigenvalue weighted by Gasteiger charge is -2.13. The number of nitriles is 1. The maximum absolute atomic E-state index is 12.0. The van der Waals surface area contributed by atoms with Gasteiger partial charge in [-0.2, -0.15) is 5.26 Å². The molecule has 0 spiro atoms. The van der Waals surface area contributed by atoms with Crippen molar-refractivity contribution in [3.63, 3.8) is 0 Å². The van der Waals surface area contributed by atoms with Gasteiger partial charge in [0, 0.05) is 16.8 Å². The van der Waals surface area contributed by atoms with Crippen LogP contribution < -0.4 is 5.32 Å². The molecule has 0 saturated heterocycles. The molecule has 0 saturated carbocycles. The lowest BCUT2D eigenvalue weighted by atomic mass is 9.92. The summed E-state index contributed by atoms with van der Waals surface area (Å²) in [5.74, 6) is -0.869. The molecule has 1 atom stereocenters. The van der Waals surface area contributed by atoms with Gasteiger partial charge in [-0.15, -0.1) is 0 Å². The zero-order valence-corrected chi connectivity index (χ0v) is 13.2. The number of carbonyl (C=O) groups is 1. The second-order valence-corrected chi connectivity index (χ2v) is 5.46. The molecule has 0 unspecified atom stereocenters. The zero-order chi connectivity index (χ0) is 16.9. The Morgan fingerprint density at radius 2 is 2.00 bits per heavy atom. The molecule has 24 heavy (non-hydrogen) atoms. The predicted octanol–water partition coefficient (Wildman–Crippen LogP) is 4.24. The van der Waals surface area contributed by atoms with Crippen molar-refractivity contribution in [2.45, 2.75) is 5.92 Å². The van der Waals surface area contributed by atoms with E-state index in [4.69, 9.17) is 11.6 Å². The van der Waals surface area contributed by atoms with E-state index in [0.717, 1.165) is 5.56 Å². The number of amides is 1. The second-order valence-electron chi connectivity index (χ2n) is 5.05. The van der Waals surface area contributed by atoms with Crippen molar-refractivity contribution in [3.8, 4) is 6.07 Å². The van der Waals surface area contributed by atoms with E-state index in [9.17, 15) is 10.1 Å². The van der Waals surface area contributed by atoms with Gasteiger partial charge in [-0.1, -0.05) is 53.2 Å². The first-order valence-electron chi connectivity index (χ1n) is 7.15. The van der Waals surface area contributed by atoms with E-state index in [0.29, 0.717) is 16.3 Å². The summed E-state index contributed by atoms with van der Waals surface area (Å²) in [4.78, 5) is 12.0. The molecule has 3 rings (SSSR count). The van der Waals surface area contributed by atoms with Crippen molar-refractivity contribution in [1.29, 1.82) is 5.26 Å². The molecule has 1 heterocycles. The Morgan fingerprint density at radius 1 is 1.21 bits per heavy atom. The molecule has 2 aromatic carbocycles. The summed E-state index contributed by atoms with van der Waals surface area (Å²) < 4.78 is 4.64. The van der Waals surface area contributed by atoms with Crippen LogP contribution in [-0.2, 0) is 0 Å². The largest absolute Gasteiger partial charge is 0.364 e. The number of nitrogens with zero attached hydrogens (tertiary/aromatic N) is 2. The molecule has 0 fully saturated rings. The van der Waals surface area contributed by atoms with E-state index < -0.39 is 11.8 Å². The number of benzene rings is 2. The van der Waals surface area contributed by atoms with Gasteiger partial charge in [0.1, 0.15) is 6.26 Å². The van der Waals surface area contributed by atoms with E-state index in [-0.39, 0.29) is 5.69 Å². The smallest absolute Gasteiger partial charge is 0.277 e. The van der Waals surface area contributed by atoms with Crippen LogP contribution in [0.4, 0.5) is 5.69 Å². The summed E-state index contributed by atoms with van der Waals surface area (Å²) in [5, 5.41) is 16.2. The minimum Gasteiger partial charge on any atom is -0.364 e. The molecule has 1 aromatic heterocycles. The Kier molecular flexibility index (Phi) is 4.59. The first kappa shape index (κ1) is 15.8. The van der Waals surface area contributed by atoms with E-state index in [1.165, 1.54) is 12.3 Å². The lowest BCUT2D eigenvalue weighted by molar-refractivity contribution is 0.101. The van der Waals surface area contributed by atoms with Crippen molar-refractivity contribution >= 4 is 23.2 Å². The highest BCUT2D eigenvalue weighted by Crippen LogP contribution is 2.31. The highest BCUT2D eigenvalue weighted by atomic mass is 35.5. The van der Waals surface area contributed by atoms with Crippen LogP contribution in [0.3, 0.4) is 0 Å². The summed E-state index contributed by atoms with van der Waals surface area (Å²) in [7, 11) is 0. The monoisotopic (exact) mass is 337 g/mol. The van der Waals surface area contributed by atoms with Crippen molar-refractivity contribution in [3.05, 3.63) is 82.7 Å². The van der Waals surface area contributed by atoms with Gasteiger partial charge in [0.2, 0.25) is 0 Å². The molecule has 1 amide bonds. The van der Waals surface area contributed by atoms with E-state index in [1.54, 1.807) is 18.2 Å². The minimum absolute atomic E-state index is 0.175. The topological polar surface area (TPSA) is 78.9 Å². The molecule has 0 aliphatic rings. The lowest BCUT2D eigenvalue weighted by Crippen LogP contribution is -2.12. The fraction of sp³-hybridized carbons (Fsp3) is 0.0556. The molecule has 0 bridgehead atoms. The van der Waals surface area contributed by atoms with E-state index >= 15 is 0 Å². The Labute approximate surface area is 143 Å². The summed E-state index contributed by atoms with van der Waals surface area (Å²) >= 11 is 6.32. The van der Waals surface area contributed by atoms with Crippen LogP contribution in [0.1, 0.15) is 27.5 Å². The van der Waals surface area contributed by atoms with Crippen molar-refractivity contribution in [2.75, 3.05) is 5.32 Å². The quantitative estimate of drug-likeness (QED) is 0.772. The van der Waals surface area contributed by atoms with Gasteiger partial charge in [-0.25, -0.2) is 0 Å². The van der Waals surface area contributed by atoms with Crippen LogP contribution in [0.5, 0.6) is 0 Å². The van der Waals surface area contributed by atoms with Gasteiger partial charge in [0.15, 0.2) is 5.69 Å². The fourth-order valence-electron chi connectivity index (χ4n) is 2.33. The van der Waals surface area contributed by atoms with Crippen LogP contribution in [0.25, 0.3) is 0 Å². The predicted molar refractivity (Wildman–Crippen MR) is 89.8 cm³/mol. The van der Waals surface area contributed by atoms with Gasteiger partial charge in [-0.3, -0.25) is 4.79 Å². The van der Waals surface area contributed by atoms with Crippen LogP contribution >= 0.6 is 11.6 Å². The molecule has 0 aliphatic carbocycles. The van der Waals surface area contributed by atoms with Gasteiger partial charge in [-0.05, 0) is 23.3 Å². The number of anilines is 1. The number of carbonyl (C=O) groups excluding carboxylic acids is 1. The highest BCUT2D eigenvalue weighted by molar-refractivity contribution is 6.31. The molecule has 0 radical (unpaired) electrons. The maximum Gasteiger partial charge on any atom is 0.277 e. The number of aromatic nitrogens is 1. The summed E-state index contributed by atoms with van der Waals surface area (Å²) in [5.41, 5.74) is 2.24. The molecule has 6 heteroatoms. The number of hydrogen-bond donors (Lipinski definition) is 1. The van der Waals surface area contributed by atoms with Crippen LogP contribution in [0.2, 0.25) is 5.02 Å². The minimum atomic E-state index is -0.473. The van der Waals surface area contributed by atoms with Crippen molar-refractivity contribution < 1.29 is 9.32 Å². The first-order chi connectivity index (χ1) is 11.7. The third kappa shape index (κ3) is 3.29. The normalized spacial score (nSPS) is 11.5. The van der Waals surface area contributed by atoms with Crippen molar-refractivity contribution in [1.82, 2.24) is 5.16 Å². The zero-order valence-electron chi connectivity index (χ0n) is 12.4. The number of nitrogens with one attached hydrogen (secondary N) is 1. The molecule has 0 aliphatic heterocycles. The van der Waals surface area contributed by atoms with Gasteiger partial charge in [0.25, 0.3) is 5.91 Å². The summed E-state index contributed by atoms with van der Waals surface area (Å²) in [6, 6.07) is 18.2. The molecule has 5 nitrogen and oxygen atoms in total. The van der Waals surface area contributed by atoms with E-state index in [2.05, 4.69) is 21.1 Å². The third-order valence-corrected chi connectivity index (χ3v) is 3.83. The molecule has 3 aromatic rings. The van der Waals surface area contributed by atoms with Gasteiger partial charge < -0.3 is 9.84 Å². The molecule has 118 valence electrons. The van der Waals surface area contributed by atoms with Crippen LogP contribution in [-0.4, -0.2) is 11.1 Å². The average Bonchev–Trinajstić information content (AvgIpc) is 3.13. The third-order valence-electron chi connectivity index (χ3n) is 3.50.